The Morgan fingerprint density at radius 3 is 2.48 bits per heavy atom. The van der Waals surface area contributed by atoms with Crippen molar-refractivity contribution in [2.75, 3.05) is 6.54 Å². The van der Waals surface area contributed by atoms with Crippen LogP contribution in [0.25, 0.3) is 0 Å². The fourth-order valence-electron chi connectivity index (χ4n) is 2.24. The number of amides is 2. The molecule has 0 unspecified atom stereocenters. The van der Waals surface area contributed by atoms with Gasteiger partial charge in [0.25, 0.3) is 5.91 Å². The maximum Gasteiger partial charge on any atom is 0.417 e. The van der Waals surface area contributed by atoms with Gasteiger partial charge in [0.05, 0.1) is 12.0 Å². The monoisotopic (exact) mass is 298 g/mol. The molecular formula is C14H22N2O5. The molecule has 1 aliphatic heterocycles. The van der Waals surface area contributed by atoms with Crippen molar-refractivity contribution in [1.29, 1.82) is 0 Å². The molecule has 0 aromatic carbocycles. The molecule has 2 amide bonds. The van der Waals surface area contributed by atoms with Crippen molar-refractivity contribution in [3.63, 3.8) is 0 Å². The van der Waals surface area contributed by atoms with Crippen molar-refractivity contribution in [3.8, 4) is 0 Å². The summed E-state index contributed by atoms with van der Waals surface area (Å²) < 4.78 is 5.21. The summed E-state index contributed by atoms with van der Waals surface area (Å²) in [5.41, 5.74) is -0.735. The summed E-state index contributed by atoms with van der Waals surface area (Å²) in [6.07, 6.45) is 2.04. The quantitative estimate of drug-likeness (QED) is 0.586. The number of carbonyl (C=O) groups is 2. The van der Waals surface area contributed by atoms with Crippen LogP contribution in [-0.2, 0) is 9.53 Å². The number of nitro groups is 1. The van der Waals surface area contributed by atoms with Crippen molar-refractivity contribution in [2.24, 2.45) is 11.8 Å². The number of rotatable bonds is 4. The van der Waals surface area contributed by atoms with Gasteiger partial charge in [-0.15, -0.1) is 0 Å². The molecule has 7 nitrogen and oxygen atoms in total. The Labute approximate surface area is 124 Å². The molecule has 0 N–H and O–H groups in total. The van der Waals surface area contributed by atoms with Gasteiger partial charge in [-0.25, -0.2) is 9.69 Å². The van der Waals surface area contributed by atoms with Gasteiger partial charge in [-0.2, -0.15) is 0 Å². The predicted molar refractivity (Wildman–Crippen MR) is 76.2 cm³/mol. The van der Waals surface area contributed by atoms with Gasteiger partial charge in [-0.05, 0) is 26.7 Å². The molecular weight excluding hydrogens is 276 g/mol. The number of carbonyl (C=O) groups excluding carboxylic acids is 2. The molecule has 0 radical (unpaired) electrons. The molecule has 0 bridgehead atoms. The first-order valence-electron chi connectivity index (χ1n) is 6.89. The smallest absolute Gasteiger partial charge is 0.417 e. The molecule has 1 heterocycles. The van der Waals surface area contributed by atoms with Gasteiger partial charge >= 0.3 is 6.09 Å². The first-order chi connectivity index (χ1) is 9.53. The Hall–Kier alpha value is -1.92. The summed E-state index contributed by atoms with van der Waals surface area (Å²) in [5, 5.41) is 10.8. The minimum absolute atomic E-state index is 0.0547. The summed E-state index contributed by atoms with van der Waals surface area (Å²) in [6.45, 7) is 8.45. The normalized spacial score (nSPS) is 20.0. The van der Waals surface area contributed by atoms with Crippen LogP contribution >= 0.6 is 0 Å². The number of hydrogen-bond donors (Lipinski definition) is 0. The summed E-state index contributed by atoms with van der Waals surface area (Å²) in [4.78, 5) is 35.4. The molecule has 2 atom stereocenters. The number of imide groups is 1. The topological polar surface area (TPSA) is 89.8 Å². The van der Waals surface area contributed by atoms with E-state index >= 15 is 0 Å². The third kappa shape index (κ3) is 4.54. The Morgan fingerprint density at radius 1 is 1.48 bits per heavy atom. The van der Waals surface area contributed by atoms with Crippen LogP contribution in [0.5, 0.6) is 0 Å². The number of nitrogens with zero attached hydrogens (tertiary/aromatic N) is 2. The molecule has 0 saturated carbocycles. The van der Waals surface area contributed by atoms with Crippen molar-refractivity contribution < 1.29 is 19.2 Å². The summed E-state index contributed by atoms with van der Waals surface area (Å²) in [6, 6.07) is -0.641. The second kappa shape index (κ2) is 6.24. The molecule has 0 spiro atoms. The second-order valence-electron chi connectivity index (χ2n) is 6.46. The van der Waals surface area contributed by atoms with E-state index in [1.807, 2.05) is 13.8 Å². The molecule has 21 heavy (non-hydrogen) atoms. The van der Waals surface area contributed by atoms with Gasteiger partial charge in [0.15, 0.2) is 0 Å². The van der Waals surface area contributed by atoms with Gasteiger partial charge in [-0.3, -0.25) is 14.9 Å². The van der Waals surface area contributed by atoms with Crippen LogP contribution in [0.1, 0.15) is 34.6 Å². The van der Waals surface area contributed by atoms with E-state index < -0.39 is 34.5 Å². The van der Waals surface area contributed by atoms with Crippen LogP contribution in [0.3, 0.4) is 0 Å². The van der Waals surface area contributed by atoms with Crippen molar-refractivity contribution in [2.45, 2.75) is 46.3 Å². The highest BCUT2D eigenvalue weighted by molar-refractivity contribution is 6.01. The lowest BCUT2D eigenvalue weighted by Crippen LogP contribution is -2.48. The molecule has 1 aliphatic rings. The van der Waals surface area contributed by atoms with E-state index in [1.165, 1.54) is 6.08 Å². The van der Waals surface area contributed by atoms with E-state index in [1.54, 1.807) is 26.8 Å². The van der Waals surface area contributed by atoms with E-state index in [2.05, 4.69) is 0 Å². The van der Waals surface area contributed by atoms with E-state index in [0.717, 1.165) is 4.90 Å². The second-order valence-corrected chi connectivity index (χ2v) is 6.46. The van der Waals surface area contributed by atoms with Crippen LogP contribution in [0.2, 0.25) is 0 Å². The van der Waals surface area contributed by atoms with Crippen molar-refractivity contribution >= 4 is 12.0 Å². The lowest BCUT2D eigenvalue weighted by molar-refractivity contribution is -0.490. The highest BCUT2D eigenvalue weighted by atomic mass is 16.6. The first-order valence-corrected chi connectivity index (χ1v) is 6.89. The van der Waals surface area contributed by atoms with E-state index in [9.17, 15) is 19.7 Å². The molecule has 0 saturated heterocycles. The van der Waals surface area contributed by atoms with E-state index in [4.69, 9.17) is 4.74 Å². The van der Waals surface area contributed by atoms with E-state index in [0.29, 0.717) is 0 Å². The van der Waals surface area contributed by atoms with Crippen LogP contribution in [0.15, 0.2) is 12.2 Å². The average Bonchev–Trinajstić information content (AvgIpc) is 2.64. The Balaban J connectivity index is 2.98. The van der Waals surface area contributed by atoms with Crippen LogP contribution in [0, 0.1) is 22.0 Å². The lowest BCUT2D eigenvalue weighted by atomic mass is 9.88. The zero-order valence-corrected chi connectivity index (χ0v) is 13.0. The lowest BCUT2D eigenvalue weighted by Gasteiger charge is -2.31. The van der Waals surface area contributed by atoms with Gasteiger partial charge in [0, 0.05) is 11.0 Å². The van der Waals surface area contributed by atoms with Gasteiger partial charge in [0.2, 0.25) is 6.54 Å². The molecule has 0 aliphatic carbocycles. The SMILES string of the molecule is CC(C)[C@H](C[N+](=O)[O-])[C@H]1C=CC(=O)N1C(=O)OC(C)(C)C. The van der Waals surface area contributed by atoms with Crippen molar-refractivity contribution in [1.82, 2.24) is 4.90 Å². The minimum Gasteiger partial charge on any atom is -0.443 e. The van der Waals surface area contributed by atoms with Gasteiger partial charge in [0.1, 0.15) is 5.60 Å². The fourth-order valence-corrected chi connectivity index (χ4v) is 2.24. The summed E-state index contributed by atoms with van der Waals surface area (Å²) in [5.74, 6) is -1.00. The third-order valence-electron chi connectivity index (χ3n) is 3.22. The Bertz CT molecular complexity index is 464. The fraction of sp³-hybridized carbons (Fsp3) is 0.714. The standard InChI is InChI=1S/C14H22N2O5/c1-9(2)10(8-15(19)20)11-6-7-12(17)16(11)13(18)21-14(3,4)5/h6-7,9-11H,8H2,1-5H3/t10-,11+/m0/s1. The van der Waals surface area contributed by atoms with Crippen molar-refractivity contribution in [3.05, 3.63) is 22.3 Å². The molecule has 1 rings (SSSR count). The Morgan fingerprint density at radius 2 is 2.05 bits per heavy atom. The third-order valence-corrected chi connectivity index (χ3v) is 3.22. The molecule has 0 aromatic heterocycles. The predicted octanol–water partition coefficient (Wildman–Crippen LogP) is 2.24. The zero-order valence-electron chi connectivity index (χ0n) is 13.0. The molecule has 118 valence electrons. The largest absolute Gasteiger partial charge is 0.443 e. The average molecular weight is 298 g/mol. The first kappa shape index (κ1) is 17.1. The van der Waals surface area contributed by atoms with Crippen LogP contribution < -0.4 is 0 Å². The maximum absolute atomic E-state index is 12.2. The maximum atomic E-state index is 12.2. The molecule has 0 fully saturated rings. The van der Waals surface area contributed by atoms with Gasteiger partial charge < -0.3 is 4.74 Å². The summed E-state index contributed by atoms with van der Waals surface area (Å²) >= 11 is 0. The van der Waals surface area contributed by atoms with E-state index in [-0.39, 0.29) is 12.5 Å². The van der Waals surface area contributed by atoms with Gasteiger partial charge in [-0.1, -0.05) is 19.9 Å². The molecule has 7 heteroatoms. The zero-order chi connectivity index (χ0) is 16.4. The Kier molecular flexibility index (Phi) is 5.09. The highest BCUT2D eigenvalue weighted by Gasteiger charge is 2.41. The number of hydrogen-bond acceptors (Lipinski definition) is 5. The minimum atomic E-state index is -0.767. The molecule has 0 aromatic rings. The van der Waals surface area contributed by atoms with Crippen LogP contribution in [-0.4, -0.2) is 40.0 Å². The van der Waals surface area contributed by atoms with Crippen LogP contribution in [0.4, 0.5) is 4.79 Å². The summed E-state index contributed by atoms with van der Waals surface area (Å²) in [7, 11) is 0. The number of ether oxygens (including phenoxy) is 1. The highest BCUT2D eigenvalue weighted by Crippen LogP contribution is 2.27.